The van der Waals surface area contributed by atoms with E-state index in [1.54, 1.807) is 6.26 Å². The molecule has 0 saturated carbocycles. The van der Waals surface area contributed by atoms with Crippen molar-refractivity contribution >= 4 is 21.1 Å². The summed E-state index contributed by atoms with van der Waals surface area (Å²) in [5, 5.41) is 1.19. The van der Waals surface area contributed by atoms with Crippen LogP contribution in [0.2, 0.25) is 0 Å². The zero-order chi connectivity index (χ0) is 7.26. The van der Waals surface area contributed by atoms with E-state index in [0.29, 0.717) is 0 Å². The van der Waals surface area contributed by atoms with E-state index in [4.69, 9.17) is 9.15 Å². The first-order valence-electron chi connectivity index (χ1n) is 3.45. The molecule has 0 aromatic carbocycles. The standard InChI is InChI=1S/C8H5AsO2/c1-3-11-8-5(1)7-6(9-8)2-4-10-7/h1-3H,4H2. The molecule has 0 aliphatic carbocycles. The first-order valence-corrected chi connectivity index (χ1v) is 5.33. The van der Waals surface area contributed by atoms with Crippen LogP contribution in [0, 0.1) is 4.15 Å². The van der Waals surface area contributed by atoms with Crippen LogP contribution in [0.3, 0.4) is 0 Å². The van der Waals surface area contributed by atoms with Gasteiger partial charge in [0.2, 0.25) is 0 Å². The maximum atomic E-state index is 5.45. The Bertz CT molecular complexity index is 453. The average molecular weight is 208 g/mol. The average Bonchev–Trinajstić information content (AvgIpc) is 2.52. The fraction of sp³-hybridized carbons (Fsp3) is 0.125. The Morgan fingerprint density at radius 1 is 1.45 bits per heavy atom. The van der Waals surface area contributed by atoms with Crippen molar-refractivity contribution in [3.05, 3.63) is 32.1 Å². The molecule has 2 aliphatic rings. The molecule has 0 N–H and O–H groups in total. The summed E-state index contributed by atoms with van der Waals surface area (Å²) >= 11 is 0.0914. The molecule has 0 bridgehead atoms. The molecule has 11 heavy (non-hydrogen) atoms. The first kappa shape index (κ1) is 5.84. The normalized spacial score (nSPS) is 20.0. The molecule has 1 aromatic heterocycles. The molecular weight excluding hydrogens is 203 g/mol. The molecule has 0 amide bonds. The van der Waals surface area contributed by atoms with Gasteiger partial charge in [0.25, 0.3) is 0 Å². The van der Waals surface area contributed by atoms with Gasteiger partial charge in [-0.05, 0) is 0 Å². The Morgan fingerprint density at radius 2 is 2.45 bits per heavy atom. The van der Waals surface area contributed by atoms with E-state index in [1.165, 1.54) is 9.58 Å². The predicted molar refractivity (Wildman–Crippen MR) is 40.4 cm³/mol. The van der Waals surface area contributed by atoms with Crippen molar-refractivity contribution < 1.29 is 9.15 Å². The molecule has 0 saturated heterocycles. The monoisotopic (exact) mass is 208 g/mol. The summed E-state index contributed by atoms with van der Waals surface area (Å²) < 4.78 is 13.3. The zero-order valence-corrected chi connectivity index (χ0v) is 7.58. The fourth-order valence-electron chi connectivity index (χ4n) is 1.35. The number of hydrogen-bond donors (Lipinski definition) is 0. The Balaban J connectivity index is 2.55. The van der Waals surface area contributed by atoms with Crippen LogP contribution in [0.15, 0.2) is 27.2 Å². The van der Waals surface area contributed by atoms with Crippen molar-refractivity contribution in [2.24, 2.45) is 0 Å². The van der Waals surface area contributed by atoms with Crippen LogP contribution in [-0.2, 0) is 4.74 Å². The third-order valence-corrected chi connectivity index (χ3v) is 4.32. The van der Waals surface area contributed by atoms with Gasteiger partial charge in [-0.2, -0.15) is 0 Å². The maximum absolute atomic E-state index is 5.45. The van der Waals surface area contributed by atoms with E-state index < -0.39 is 0 Å². The molecule has 54 valence electrons. The number of furan rings is 1. The first-order chi connectivity index (χ1) is 5.45. The van der Waals surface area contributed by atoms with E-state index >= 15 is 0 Å². The van der Waals surface area contributed by atoms with E-state index in [2.05, 4.69) is 6.08 Å². The van der Waals surface area contributed by atoms with Gasteiger partial charge in [-0.15, -0.1) is 0 Å². The van der Waals surface area contributed by atoms with E-state index in [9.17, 15) is 0 Å². The minimum absolute atomic E-state index is 0.0914. The van der Waals surface area contributed by atoms with Gasteiger partial charge in [-0.3, -0.25) is 0 Å². The molecule has 3 rings (SSSR count). The zero-order valence-electron chi connectivity index (χ0n) is 5.70. The van der Waals surface area contributed by atoms with E-state index in [-0.39, 0.29) is 15.3 Å². The Labute approximate surface area is 69.4 Å². The molecule has 0 spiro atoms. The summed E-state index contributed by atoms with van der Waals surface area (Å²) in [7, 11) is 0. The molecule has 0 fully saturated rings. The van der Waals surface area contributed by atoms with Gasteiger partial charge in [0.1, 0.15) is 0 Å². The molecule has 2 aliphatic heterocycles. The van der Waals surface area contributed by atoms with Crippen molar-refractivity contribution in [3.8, 4) is 0 Å². The molecule has 0 unspecified atom stereocenters. The number of hydrogen-bond acceptors (Lipinski definition) is 2. The van der Waals surface area contributed by atoms with Gasteiger partial charge >= 0.3 is 69.0 Å². The fourth-order valence-corrected chi connectivity index (χ4v) is 3.62. The summed E-state index contributed by atoms with van der Waals surface area (Å²) in [4.78, 5) is 0. The van der Waals surface area contributed by atoms with E-state index in [1.807, 2.05) is 6.07 Å². The molecule has 3 heterocycles. The SMILES string of the molecule is C1=C2[As]=c3occc3=C2OC1. The van der Waals surface area contributed by atoms with Gasteiger partial charge in [0, 0.05) is 0 Å². The number of ether oxygens (including phenoxy) is 1. The van der Waals surface area contributed by atoms with Crippen molar-refractivity contribution in [1.82, 2.24) is 0 Å². The third kappa shape index (κ3) is 0.654. The summed E-state index contributed by atoms with van der Waals surface area (Å²) in [6, 6.07) is 1.99. The van der Waals surface area contributed by atoms with Crippen LogP contribution < -0.4 is 5.22 Å². The van der Waals surface area contributed by atoms with Gasteiger partial charge in [0.15, 0.2) is 0 Å². The molecule has 1 aromatic rings. The van der Waals surface area contributed by atoms with Gasteiger partial charge in [0.05, 0.1) is 0 Å². The Kier molecular flexibility index (Phi) is 1.00. The summed E-state index contributed by atoms with van der Waals surface area (Å²) in [5.74, 6) is 1.08. The summed E-state index contributed by atoms with van der Waals surface area (Å²) in [6.07, 6.45) is 3.90. The molecule has 3 heteroatoms. The van der Waals surface area contributed by atoms with Crippen LogP contribution in [0.5, 0.6) is 0 Å². The quantitative estimate of drug-likeness (QED) is 0.571. The number of rotatable bonds is 0. The van der Waals surface area contributed by atoms with Crippen molar-refractivity contribution in [1.29, 1.82) is 0 Å². The second-order valence-electron chi connectivity index (χ2n) is 2.48. The van der Waals surface area contributed by atoms with Gasteiger partial charge in [-0.25, -0.2) is 0 Å². The second kappa shape index (κ2) is 1.89. The topological polar surface area (TPSA) is 22.4 Å². The molecule has 2 nitrogen and oxygen atoms in total. The summed E-state index contributed by atoms with van der Waals surface area (Å²) in [5.41, 5.74) is 0. The van der Waals surface area contributed by atoms with E-state index in [0.717, 1.165) is 16.5 Å². The summed E-state index contributed by atoms with van der Waals surface area (Å²) in [6.45, 7) is 0.755. The van der Waals surface area contributed by atoms with Crippen molar-refractivity contribution in [2.75, 3.05) is 6.61 Å². The van der Waals surface area contributed by atoms with Crippen LogP contribution in [-0.4, -0.2) is 21.9 Å². The van der Waals surface area contributed by atoms with Crippen LogP contribution in [0.25, 0.3) is 5.76 Å². The van der Waals surface area contributed by atoms with Gasteiger partial charge < -0.3 is 0 Å². The predicted octanol–water partition coefficient (Wildman–Crippen LogP) is 0.271. The van der Waals surface area contributed by atoms with Gasteiger partial charge in [-0.1, -0.05) is 0 Å². The van der Waals surface area contributed by atoms with Crippen LogP contribution in [0.4, 0.5) is 0 Å². The molecular formula is C8H5AsO2. The Morgan fingerprint density at radius 3 is 3.45 bits per heavy atom. The minimum atomic E-state index is 0.0914. The molecule has 0 atom stereocenters. The van der Waals surface area contributed by atoms with Crippen molar-refractivity contribution in [2.45, 2.75) is 0 Å². The Hall–Kier alpha value is -0.752. The van der Waals surface area contributed by atoms with Crippen LogP contribution >= 0.6 is 0 Å². The molecule has 0 radical (unpaired) electrons. The van der Waals surface area contributed by atoms with Crippen LogP contribution in [0.1, 0.15) is 0 Å². The second-order valence-corrected chi connectivity index (χ2v) is 4.81. The number of fused-ring (bicyclic) bond motifs is 2. The third-order valence-electron chi connectivity index (χ3n) is 1.85. The van der Waals surface area contributed by atoms with Crippen molar-refractivity contribution in [3.63, 3.8) is 0 Å².